The van der Waals surface area contributed by atoms with Crippen LogP contribution < -0.4 is 5.32 Å². The van der Waals surface area contributed by atoms with Crippen LogP contribution in [-0.2, 0) is 14.3 Å². The standard InChI is InChI=1S/C62H107NO5/c1-4-7-10-13-16-19-22-25-27-29-30-32-34-37-40-43-46-49-52-55-62(67)68-58(53-50-47-44-41-38-35-24-21-18-15-12-9-6-3)56-61(66)63-59(57-64)60(65)54-51-48-45-42-39-36-33-31-28-26-23-20-17-14-11-8-5-2/h7,10,16,18-19,21,24-25,27,30,32,35,37,40,46,49,58-60,64-65H,4-6,8-9,11-15,17,20,22-23,26,28-29,31,33-34,36,38-39,41-45,47-48,50-57H2,1-3H3,(H,63,66)/b10-7-,19-16-,21-18+,27-25-,32-30-,35-24+,40-37-,49-46-. The molecule has 0 aromatic heterocycles. The highest BCUT2D eigenvalue weighted by Crippen LogP contribution is 2.17. The molecule has 0 aliphatic rings. The molecule has 68 heavy (non-hydrogen) atoms. The number of unbranched alkanes of at least 4 members (excludes halogenated alkanes) is 23. The number of nitrogens with one attached hydrogen (secondary N) is 1. The molecule has 6 heteroatoms. The number of ether oxygens (including phenoxy) is 1. The quantitative estimate of drug-likeness (QED) is 0.0244. The van der Waals surface area contributed by atoms with Gasteiger partial charge in [-0.05, 0) is 89.9 Å². The molecule has 1 amide bonds. The molecular formula is C62H107NO5. The van der Waals surface area contributed by atoms with Gasteiger partial charge in [0.2, 0.25) is 5.91 Å². The summed E-state index contributed by atoms with van der Waals surface area (Å²) in [5.74, 6) is -0.596. The summed E-state index contributed by atoms with van der Waals surface area (Å²) in [5, 5.41) is 23.9. The van der Waals surface area contributed by atoms with Gasteiger partial charge in [-0.2, -0.15) is 0 Å². The van der Waals surface area contributed by atoms with Crippen molar-refractivity contribution in [3.05, 3.63) is 97.2 Å². The zero-order valence-corrected chi connectivity index (χ0v) is 44.5. The minimum absolute atomic E-state index is 0.0291. The second-order valence-corrected chi connectivity index (χ2v) is 19.0. The molecule has 0 heterocycles. The van der Waals surface area contributed by atoms with Crippen molar-refractivity contribution >= 4 is 11.9 Å². The summed E-state index contributed by atoms with van der Waals surface area (Å²) in [6.45, 7) is 6.33. The van der Waals surface area contributed by atoms with Crippen molar-refractivity contribution in [2.45, 2.75) is 277 Å². The number of carbonyl (C=O) groups is 2. The Morgan fingerprint density at radius 3 is 1.29 bits per heavy atom. The zero-order chi connectivity index (χ0) is 49.5. The Labute approximate surface area is 420 Å². The third-order valence-corrected chi connectivity index (χ3v) is 12.4. The topological polar surface area (TPSA) is 95.9 Å². The van der Waals surface area contributed by atoms with E-state index in [4.69, 9.17) is 4.74 Å². The minimum Gasteiger partial charge on any atom is -0.462 e. The Kier molecular flexibility index (Phi) is 52.1. The van der Waals surface area contributed by atoms with Crippen molar-refractivity contribution in [3.8, 4) is 0 Å². The number of allylic oxidation sites excluding steroid dienone is 16. The summed E-state index contributed by atoms with van der Waals surface area (Å²) in [4.78, 5) is 26.2. The largest absolute Gasteiger partial charge is 0.462 e. The first-order chi connectivity index (χ1) is 33.5. The van der Waals surface area contributed by atoms with Gasteiger partial charge in [-0.1, -0.05) is 253 Å². The monoisotopic (exact) mass is 946 g/mol. The maximum atomic E-state index is 13.3. The number of amides is 1. The maximum Gasteiger partial charge on any atom is 0.306 e. The smallest absolute Gasteiger partial charge is 0.306 e. The predicted octanol–water partition coefficient (Wildman–Crippen LogP) is 17.7. The molecule has 3 unspecified atom stereocenters. The van der Waals surface area contributed by atoms with E-state index in [9.17, 15) is 19.8 Å². The molecule has 0 aromatic rings. The van der Waals surface area contributed by atoms with E-state index in [1.54, 1.807) is 0 Å². The number of aliphatic hydroxyl groups excluding tert-OH is 2. The van der Waals surface area contributed by atoms with Crippen molar-refractivity contribution < 1.29 is 24.5 Å². The van der Waals surface area contributed by atoms with Crippen molar-refractivity contribution in [2.75, 3.05) is 6.61 Å². The summed E-state index contributed by atoms with van der Waals surface area (Å²) >= 11 is 0. The average Bonchev–Trinajstić information content (AvgIpc) is 3.33. The molecule has 0 aliphatic carbocycles. The molecular weight excluding hydrogens is 839 g/mol. The second-order valence-electron chi connectivity index (χ2n) is 19.0. The Balaban J connectivity index is 4.66. The summed E-state index contributed by atoms with van der Waals surface area (Å²) in [5.41, 5.74) is 0. The number of rotatable bonds is 50. The van der Waals surface area contributed by atoms with Crippen LogP contribution in [0.5, 0.6) is 0 Å². The molecule has 6 nitrogen and oxygen atoms in total. The fourth-order valence-electron chi connectivity index (χ4n) is 8.15. The highest BCUT2D eigenvalue weighted by Gasteiger charge is 2.24. The van der Waals surface area contributed by atoms with Gasteiger partial charge in [-0.25, -0.2) is 0 Å². The van der Waals surface area contributed by atoms with Gasteiger partial charge >= 0.3 is 5.97 Å². The van der Waals surface area contributed by atoms with Crippen LogP contribution in [0, 0.1) is 0 Å². The van der Waals surface area contributed by atoms with Crippen LogP contribution in [0.15, 0.2) is 97.2 Å². The molecule has 3 atom stereocenters. The lowest BCUT2D eigenvalue weighted by atomic mass is 10.0. The van der Waals surface area contributed by atoms with Gasteiger partial charge in [0.1, 0.15) is 6.10 Å². The third-order valence-electron chi connectivity index (χ3n) is 12.4. The second kappa shape index (κ2) is 54.7. The highest BCUT2D eigenvalue weighted by atomic mass is 16.5. The number of esters is 1. The van der Waals surface area contributed by atoms with Gasteiger partial charge in [0.05, 0.1) is 25.2 Å². The lowest BCUT2D eigenvalue weighted by molar-refractivity contribution is -0.150. The van der Waals surface area contributed by atoms with E-state index >= 15 is 0 Å². The number of carbonyl (C=O) groups excluding carboxylic acids is 2. The molecule has 0 saturated heterocycles. The molecule has 0 fully saturated rings. The number of hydrogen-bond donors (Lipinski definition) is 3. The molecule has 0 radical (unpaired) electrons. The first kappa shape index (κ1) is 64.8. The molecule has 0 bridgehead atoms. The van der Waals surface area contributed by atoms with E-state index in [2.05, 4.69) is 117 Å². The molecule has 3 N–H and O–H groups in total. The van der Waals surface area contributed by atoms with Crippen LogP contribution in [0.1, 0.15) is 258 Å². The molecule has 0 aromatic carbocycles. The fraction of sp³-hybridized carbons (Fsp3) is 0.710. The number of aliphatic hydroxyl groups is 2. The first-order valence-electron chi connectivity index (χ1n) is 28.5. The van der Waals surface area contributed by atoms with E-state index in [0.717, 1.165) is 96.3 Å². The molecule has 0 rings (SSSR count). The Hall–Kier alpha value is -3.22. The lowest BCUT2D eigenvalue weighted by Gasteiger charge is -2.24. The van der Waals surface area contributed by atoms with Gasteiger partial charge in [-0.15, -0.1) is 0 Å². The van der Waals surface area contributed by atoms with E-state index in [1.807, 2.05) is 6.08 Å². The third kappa shape index (κ3) is 49.2. The van der Waals surface area contributed by atoms with Crippen molar-refractivity contribution in [1.29, 1.82) is 0 Å². The van der Waals surface area contributed by atoms with Gasteiger partial charge in [-0.3, -0.25) is 9.59 Å². The normalized spacial score (nSPS) is 13.9. The van der Waals surface area contributed by atoms with Gasteiger partial charge in [0, 0.05) is 6.42 Å². The predicted molar refractivity (Wildman–Crippen MR) is 296 cm³/mol. The molecule has 0 aliphatic heterocycles. The van der Waals surface area contributed by atoms with Crippen LogP contribution in [0.25, 0.3) is 0 Å². The van der Waals surface area contributed by atoms with E-state index in [1.165, 1.54) is 109 Å². The Morgan fingerprint density at radius 1 is 0.456 bits per heavy atom. The Bertz CT molecular complexity index is 1340. The molecule has 390 valence electrons. The van der Waals surface area contributed by atoms with Gasteiger partial charge in [0.25, 0.3) is 0 Å². The van der Waals surface area contributed by atoms with Crippen molar-refractivity contribution in [3.63, 3.8) is 0 Å². The highest BCUT2D eigenvalue weighted by molar-refractivity contribution is 5.77. The SMILES string of the molecule is CC/C=C\C/C=C\C/C=C\C/C=C\C/C=C\C/C=C\CCC(=O)OC(CCCCCC/C=C/C=C/CCCCC)CC(=O)NC(CO)C(O)CCCCCCCCCCCCCCCCCCC. The van der Waals surface area contributed by atoms with E-state index in [0.29, 0.717) is 19.3 Å². The zero-order valence-electron chi connectivity index (χ0n) is 44.5. The average molecular weight is 947 g/mol. The maximum absolute atomic E-state index is 13.3. The van der Waals surface area contributed by atoms with Crippen LogP contribution in [0.3, 0.4) is 0 Å². The van der Waals surface area contributed by atoms with Crippen LogP contribution >= 0.6 is 0 Å². The van der Waals surface area contributed by atoms with Crippen LogP contribution in [0.2, 0.25) is 0 Å². The Morgan fingerprint density at radius 2 is 0.838 bits per heavy atom. The van der Waals surface area contributed by atoms with E-state index in [-0.39, 0.29) is 31.3 Å². The molecule has 0 spiro atoms. The van der Waals surface area contributed by atoms with E-state index < -0.39 is 18.2 Å². The minimum atomic E-state index is -0.812. The summed E-state index contributed by atoms with van der Waals surface area (Å²) in [6, 6.07) is -0.729. The first-order valence-corrected chi connectivity index (χ1v) is 28.5. The summed E-state index contributed by atoms with van der Waals surface area (Å²) in [6.07, 6.45) is 73.4. The summed E-state index contributed by atoms with van der Waals surface area (Å²) < 4.78 is 5.90. The van der Waals surface area contributed by atoms with Crippen molar-refractivity contribution in [2.24, 2.45) is 0 Å². The molecule has 0 saturated carbocycles. The van der Waals surface area contributed by atoms with Crippen LogP contribution in [0.4, 0.5) is 0 Å². The number of hydrogen-bond acceptors (Lipinski definition) is 5. The van der Waals surface area contributed by atoms with Crippen LogP contribution in [-0.4, -0.2) is 46.9 Å². The summed E-state index contributed by atoms with van der Waals surface area (Å²) in [7, 11) is 0. The van der Waals surface area contributed by atoms with Gasteiger partial charge in [0.15, 0.2) is 0 Å². The fourth-order valence-corrected chi connectivity index (χ4v) is 8.15. The van der Waals surface area contributed by atoms with Gasteiger partial charge < -0.3 is 20.3 Å². The van der Waals surface area contributed by atoms with Crippen molar-refractivity contribution in [1.82, 2.24) is 5.32 Å². The lowest BCUT2D eigenvalue weighted by Crippen LogP contribution is -2.46.